The molecule has 0 amide bonds. The minimum absolute atomic E-state index is 0.0537. The van der Waals surface area contributed by atoms with Crippen LogP contribution in [0.1, 0.15) is 23.5 Å². The van der Waals surface area contributed by atoms with Crippen molar-refractivity contribution < 1.29 is 18.3 Å². The number of aromatic nitrogens is 3. The highest BCUT2D eigenvalue weighted by Crippen LogP contribution is 2.30. The molecule has 150 valence electrons. The normalized spacial score (nSPS) is 12.1. The molecule has 3 aromatic heterocycles. The summed E-state index contributed by atoms with van der Waals surface area (Å²) in [6.07, 6.45) is 0.533. The Morgan fingerprint density at radius 1 is 1.17 bits per heavy atom. The second kappa shape index (κ2) is 7.40. The highest BCUT2D eigenvalue weighted by Gasteiger charge is 2.24. The molecule has 3 heterocycles. The van der Waals surface area contributed by atoms with Gasteiger partial charge in [-0.05, 0) is 56.2 Å². The molecular formula is C19H16ClN3O4S2. The van der Waals surface area contributed by atoms with Gasteiger partial charge in [0.2, 0.25) is 0 Å². The zero-order chi connectivity index (χ0) is 20.8. The number of hydrogen-bond donors (Lipinski definition) is 1. The van der Waals surface area contributed by atoms with Crippen LogP contribution in [0.4, 0.5) is 0 Å². The first-order chi connectivity index (χ1) is 13.8. The van der Waals surface area contributed by atoms with Gasteiger partial charge in [0.1, 0.15) is 5.15 Å². The standard InChI is InChI=1S/C19H16ClN3O4S2/c1-11-21-14-6-5-13(10-17(14)28-11)29(26,27)23-12(3-2-4-19(24)25)9-15-16(23)7-8-18(20)22-15/h5-10H,2-4H2,1H3,(H,24,25). The van der Waals surface area contributed by atoms with Gasteiger partial charge in [0.25, 0.3) is 10.0 Å². The van der Waals surface area contributed by atoms with Gasteiger partial charge in [-0.25, -0.2) is 22.4 Å². The van der Waals surface area contributed by atoms with Crippen molar-refractivity contribution in [3.63, 3.8) is 0 Å². The number of thiazole rings is 1. The van der Waals surface area contributed by atoms with Crippen molar-refractivity contribution in [3.05, 3.63) is 52.3 Å². The van der Waals surface area contributed by atoms with E-state index in [9.17, 15) is 13.2 Å². The summed E-state index contributed by atoms with van der Waals surface area (Å²) in [5.74, 6) is -0.928. The maximum atomic E-state index is 13.5. The Hall–Kier alpha value is -2.49. The Morgan fingerprint density at radius 3 is 2.72 bits per heavy atom. The van der Waals surface area contributed by atoms with Crippen LogP contribution in [0.15, 0.2) is 41.3 Å². The number of aliphatic carboxylic acids is 1. The molecule has 0 aliphatic heterocycles. The molecule has 29 heavy (non-hydrogen) atoms. The molecule has 10 heteroatoms. The topological polar surface area (TPSA) is 102 Å². The van der Waals surface area contributed by atoms with Crippen molar-refractivity contribution in [1.82, 2.24) is 13.9 Å². The molecule has 0 saturated carbocycles. The summed E-state index contributed by atoms with van der Waals surface area (Å²) in [6, 6.07) is 9.64. The van der Waals surface area contributed by atoms with E-state index in [-0.39, 0.29) is 22.9 Å². The van der Waals surface area contributed by atoms with Gasteiger partial charge in [-0.3, -0.25) is 4.79 Å². The number of halogens is 1. The van der Waals surface area contributed by atoms with Gasteiger partial charge in [-0.1, -0.05) is 11.6 Å². The average molecular weight is 450 g/mol. The first-order valence-electron chi connectivity index (χ1n) is 8.77. The third kappa shape index (κ3) is 3.73. The molecule has 4 rings (SSSR count). The number of fused-ring (bicyclic) bond motifs is 2. The van der Waals surface area contributed by atoms with E-state index in [2.05, 4.69) is 9.97 Å². The highest BCUT2D eigenvalue weighted by atomic mass is 35.5. The van der Waals surface area contributed by atoms with Crippen LogP contribution in [0.3, 0.4) is 0 Å². The monoisotopic (exact) mass is 449 g/mol. The molecule has 0 saturated heterocycles. The molecule has 0 fully saturated rings. The molecule has 1 aromatic carbocycles. The van der Waals surface area contributed by atoms with Crippen LogP contribution in [0.25, 0.3) is 21.3 Å². The lowest BCUT2D eigenvalue weighted by Gasteiger charge is -2.12. The van der Waals surface area contributed by atoms with Gasteiger partial charge in [0, 0.05) is 12.1 Å². The lowest BCUT2D eigenvalue weighted by Crippen LogP contribution is -2.16. The van der Waals surface area contributed by atoms with Crippen LogP contribution in [0.5, 0.6) is 0 Å². The number of nitrogens with zero attached hydrogens (tertiary/aromatic N) is 3. The van der Waals surface area contributed by atoms with Gasteiger partial charge >= 0.3 is 5.97 Å². The third-order valence-corrected chi connectivity index (χ3v) is 7.39. The van der Waals surface area contributed by atoms with Gasteiger partial charge in [-0.2, -0.15) is 0 Å². The van der Waals surface area contributed by atoms with Crippen LogP contribution in [0, 0.1) is 6.92 Å². The van der Waals surface area contributed by atoms with Crippen molar-refractivity contribution in [3.8, 4) is 0 Å². The Balaban J connectivity index is 1.87. The largest absolute Gasteiger partial charge is 0.481 e. The molecule has 0 spiro atoms. The van der Waals surface area contributed by atoms with E-state index < -0.39 is 16.0 Å². The van der Waals surface area contributed by atoms with Crippen molar-refractivity contribution in [1.29, 1.82) is 0 Å². The Kier molecular flexibility index (Phi) is 5.05. The number of aryl methyl sites for hydroxylation is 2. The number of benzene rings is 1. The molecule has 0 aliphatic rings. The van der Waals surface area contributed by atoms with Crippen molar-refractivity contribution >= 4 is 60.2 Å². The van der Waals surface area contributed by atoms with E-state index in [4.69, 9.17) is 16.7 Å². The Morgan fingerprint density at radius 2 is 1.97 bits per heavy atom. The molecule has 1 N–H and O–H groups in total. The van der Waals surface area contributed by atoms with Gasteiger partial charge in [-0.15, -0.1) is 11.3 Å². The van der Waals surface area contributed by atoms with E-state index in [0.29, 0.717) is 23.1 Å². The Labute approximate surface area is 175 Å². The van der Waals surface area contributed by atoms with E-state index in [1.165, 1.54) is 27.4 Å². The second-order valence-corrected chi connectivity index (χ2v) is 9.96. The number of rotatable bonds is 6. The fraction of sp³-hybridized carbons (Fsp3) is 0.211. The molecular weight excluding hydrogens is 434 g/mol. The summed E-state index contributed by atoms with van der Waals surface area (Å²) in [6.45, 7) is 1.87. The number of carboxylic acid groups (broad SMARTS) is 1. The fourth-order valence-electron chi connectivity index (χ4n) is 3.26. The van der Waals surface area contributed by atoms with Crippen LogP contribution < -0.4 is 0 Å². The average Bonchev–Trinajstić information content (AvgIpc) is 3.19. The minimum Gasteiger partial charge on any atom is -0.481 e. The molecule has 0 radical (unpaired) electrons. The molecule has 4 aromatic rings. The summed E-state index contributed by atoms with van der Waals surface area (Å²) in [5.41, 5.74) is 2.07. The predicted molar refractivity (Wildman–Crippen MR) is 112 cm³/mol. The molecule has 0 bridgehead atoms. The Bertz CT molecular complexity index is 1360. The summed E-state index contributed by atoms with van der Waals surface area (Å²) in [5, 5.41) is 10.0. The third-order valence-electron chi connectivity index (χ3n) is 4.48. The van der Waals surface area contributed by atoms with E-state index in [1.807, 2.05) is 6.92 Å². The zero-order valence-electron chi connectivity index (χ0n) is 15.3. The maximum Gasteiger partial charge on any atom is 0.303 e. The SMILES string of the molecule is Cc1nc2ccc(S(=O)(=O)n3c(CCCC(=O)O)cc4nc(Cl)ccc43)cc2s1. The van der Waals surface area contributed by atoms with Crippen LogP contribution in [0.2, 0.25) is 5.15 Å². The van der Waals surface area contributed by atoms with Crippen LogP contribution in [-0.2, 0) is 21.2 Å². The lowest BCUT2D eigenvalue weighted by atomic mass is 10.2. The van der Waals surface area contributed by atoms with E-state index >= 15 is 0 Å². The quantitative estimate of drug-likeness (QED) is 0.441. The molecule has 0 unspecified atom stereocenters. The van der Waals surface area contributed by atoms with Crippen LogP contribution >= 0.6 is 22.9 Å². The first-order valence-corrected chi connectivity index (χ1v) is 11.4. The summed E-state index contributed by atoms with van der Waals surface area (Å²) >= 11 is 7.40. The van der Waals surface area contributed by atoms with E-state index in [1.54, 1.807) is 24.3 Å². The predicted octanol–water partition coefficient (Wildman–Crippen LogP) is 4.25. The van der Waals surface area contributed by atoms with Gasteiger partial charge in [0.15, 0.2) is 0 Å². The van der Waals surface area contributed by atoms with Gasteiger partial charge in [0.05, 0.1) is 31.2 Å². The summed E-state index contributed by atoms with van der Waals surface area (Å²) in [7, 11) is -3.93. The highest BCUT2D eigenvalue weighted by molar-refractivity contribution is 7.90. The second-order valence-electron chi connectivity index (χ2n) is 6.55. The number of hydrogen-bond acceptors (Lipinski definition) is 6. The lowest BCUT2D eigenvalue weighted by molar-refractivity contribution is -0.137. The zero-order valence-corrected chi connectivity index (χ0v) is 17.7. The van der Waals surface area contributed by atoms with Crippen molar-refractivity contribution in [2.24, 2.45) is 0 Å². The molecule has 7 nitrogen and oxygen atoms in total. The van der Waals surface area contributed by atoms with Crippen molar-refractivity contribution in [2.75, 3.05) is 0 Å². The minimum atomic E-state index is -3.93. The van der Waals surface area contributed by atoms with Gasteiger partial charge < -0.3 is 5.11 Å². The van der Waals surface area contributed by atoms with E-state index in [0.717, 1.165) is 15.2 Å². The maximum absolute atomic E-state index is 13.5. The smallest absolute Gasteiger partial charge is 0.303 e. The summed E-state index contributed by atoms with van der Waals surface area (Å²) < 4.78 is 29.1. The molecule has 0 atom stereocenters. The first kappa shape index (κ1) is 19.8. The number of carbonyl (C=O) groups is 1. The molecule has 0 aliphatic carbocycles. The van der Waals surface area contributed by atoms with Crippen molar-refractivity contribution in [2.45, 2.75) is 31.1 Å². The fourth-order valence-corrected chi connectivity index (χ4v) is 5.93. The number of carboxylic acids is 1. The summed E-state index contributed by atoms with van der Waals surface area (Å²) in [4.78, 5) is 19.6. The van der Waals surface area contributed by atoms with Crippen LogP contribution in [-0.4, -0.2) is 33.4 Å². The number of pyridine rings is 1.